The van der Waals surface area contributed by atoms with Gasteiger partial charge in [-0.25, -0.2) is 8.42 Å². The number of rotatable bonds is 3. The van der Waals surface area contributed by atoms with E-state index >= 15 is 0 Å². The van der Waals surface area contributed by atoms with Gasteiger partial charge in [-0.1, -0.05) is 12.1 Å². The van der Waals surface area contributed by atoms with Gasteiger partial charge in [0.2, 0.25) is 10.0 Å². The molecule has 1 aromatic rings. The van der Waals surface area contributed by atoms with Crippen molar-refractivity contribution in [2.24, 2.45) is 5.73 Å². The van der Waals surface area contributed by atoms with Gasteiger partial charge in [-0.15, -0.1) is 0 Å². The van der Waals surface area contributed by atoms with Crippen molar-refractivity contribution in [3.05, 3.63) is 35.4 Å². The zero-order chi connectivity index (χ0) is 14.8. The second-order valence-electron chi connectivity index (χ2n) is 5.31. The van der Waals surface area contributed by atoms with Crippen LogP contribution in [0.25, 0.3) is 0 Å². The number of hydrogen-bond donors (Lipinski definition) is 1. The Morgan fingerprint density at radius 1 is 1.50 bits per heavy atom. The molecule has 1 aromatic carbocycles. The fourth-order valence-electron chi connectivity index (χ4n) is 2.62. The summed E-state index contributed by atoms with van der Waals surface area (Å²) in [4.78, 5) is 0. The largest absolute Gasteiger partial charge is 0.328 e. The molecule has 1 aliphatic rings. The summed E-state index contributed by atoms with van der Waals surface area (Å²) in [5.74, 6) is -0.0674. The SMILES string of the molecule is CC1CC(N)CCN1S(=O)(=O)Cc1cccc(C#N)c1. The van der Waals surface area contributed by atoms with Crippen molar-refractivity contribution in [3.63, 3.8) is 0 Å². The van der Waals surface area contributed by atoms with E-state index < -0.39 is 10.0 Å². The van der Waals surface area contributed by atoms with Crippen LogP contribution >= 0.6 is 0 Å². The molecule has 0 aromatic heterocycles. The molecule has 2 atom stereocenters. The lowest BCUT2D eigenvalue weighted by Crippen LogP contribution is -2.48. The smallest absolute Gasteiger partial charge is 0.218 e. The van der Waals surface area contributed by atoms with Gasteiger partial charge in [0.15, 0.2) is 0 Å². The lowest BCUT2D eigenvalue weighted by Gasteiger charge is -2.35. The van der Waals surface area contributed by atoms with Gasteiger partial charge in [-0.2, -0.15) is 9.57 Å². The van der Waals surface area contributed by atoms with Gasteiger partial charge in [0.05, 0.1) is 17.4 Å². The molecular weight excluding hydrogens is 274 g/mol. The third-order valence-electron chi connectivity index (χ3n) is 3.62. The minimum Gasteiger partial charge on any atom is -0.328 e. The van der Waals surface area contributed by atoms with Crippen LogP contribution in [-0.4, -0.2) is 31.4 Å². The topological polar surface area (TPSA) is 87.2 Å². The average Bonchev–Trinajstić information content (AvgIpc) is 2.37. The Labute approximate surface area is 120 Å². The van der Waals surface area contributed by atoms with Gasteiger partial charge in [-0.05, 0) is 37.5 Å². The minimum absolute atomic E-state index is 0.0668. The summed E-state index contributed by atoms with van der Waals surface area (Å²) in [6.07, 6.45) is 1.39. The monoisotopic (exact) mass is 293 g/mol. The molecule has 1 aliphatic heterocycles. The second kappa shape index (κ2) is 5.92. The number of hydrogen-bond acceptors (Lipinski definition) is 4. The van der Waals surface area contributed by atoms with E-state index in [2.05, 4.69) is 0 Å². The Bertz CT molecular complexity index is 622. The molecule has 0 spiro atoms. The van der Waals surface area contributed by atoms with Crippen molar-refractivity contribution in [2.45, 2.75) is 37.6 Å². The molecule has 108 valence electrons. The molecule has 5 nitrogen and oxygen atoms in total. The molecule has 0 bridgehead atoms. The molecule has 6 heteroatoms. The van der Waals surface area contributed by atoms with E-state index in [1.165, 1.54) is 4.31 Å². The van der Waals surface area contributed by atoms with Gasteiger partial charge in [0.25, 0.3) is 0 Å². The number of nitriles is 1. The second-order valence-corrected chi connectivity index (χ2v) is 7.23. The summed E-state index contributed by atoms with van der Waals surface area (Å²) >= 11 is 0. The number of nitrogens with two attached hydrogens (primary N) is 1. The fourth-order valence-corrected chi connectivity index (χ4v) is 4.41. The Morgan fingerprint density at radius 2 is 2.25 bits per heavy atom. The zero-order valence-electron chi connectivity index (χ0n) is 11.5. The van der Waals surface area contributed by atoms with Crippen LogP contribution in [0.2, 0.25) is 0 Å². The predicted octanol–water partition coefficient (Wildman–Crippen LogP) is 1.20. The Balaban J connectivity index is 2.17. The quantitative estimate of drug-likeness (QED) is 0.907. The zero-order valence-corrected chi connectivity index (χ0v) is 12.3. The van der Waals surface area contributed by atoms with Crippen LogP contribution in [0.4, 0.5) is 0 Å². The van der Waals surface area contributed by atoms with Crippen molar-refractivity contribution in [3.8, 4) is 6.07 Å². The highest BCUT2D eigenvalue weighted by Gasteiger charge is 2.32. The third-order valence-corrected chi connectivity index (χ3v) is 5.57. The van der Waals surface area contributed by atoms with Gasteiger partial charge >= 0.3 is 0 Å². The van der Waals surface area contributed by atoms with Gasteiger partial charge in [0, 0.05) is 18.6 Å². The molecule has 0 saturated carbocycles. The lowest BCUT2D eigenvalue weighted by atomic mass is 10.0. The van der Waals surface area contributed by atoms with E-state index in [1.54, 1.807) is 24.3 Å². The number of benzene rings is 1. The number of sulfonamides is 1. The predicted molar refractivity (Wildman–Crippen MR) is 77.2 cm³/mol. The van der Waals surface area contributed by atoms with Crippen LogP contribution in [0.15, 0.2) is 24.3 Å². The molecule has 2 rings (SSSR count). The Kier molecular flexibility index (Phi) is 4.43. The summed E-state index contributed by atoms with van der Waals surface area (Å²) in [6, 6.07) is 8.77. The molecule has 1 fully saturated rings. The fraction of sp³-hybridized carbons (Fsp3) is 0.500. The maximum absolute atomic E-state index is 12.5. The first kappa shape index (κ1) is 15.0. The first-order valence-electron chi connectivity index (χ1n) is 6.66. The van der Waals surface area contributed by atoms with Crippen LogP contribution in [-0.2, 0) is 15.8 Å². The maximum atomic E-state index is 12.5. The van der Waals surface area contributed by atoms with Crippen molar-refractivity contribution in [1.82, 2.24) is 4.31 Å². The average molecular weight is 293 g/mol. The van der Waals surface area contributed by atoms with E-state index in [0.717, 1.165) is 0 Å². The summed E-state index contributed by atoms with van der Waals surface area (Å²) in [7, 11) is -3.37. The summed E-state index contributed by atoms with van der Waals surface area (Å²) in [5, 5.41) is 8.86. The highest BCUT2D eigenvalue weighted by molar-refractivity contribution is 7.88. The van der Waals surface area contributed by atoms with Gasteiger partial charge < -0.3 is 5.73 Å². The van der Waals surface area contributed by atoms with E-state index in [0.29, 0.717) is 30.5 Å². The number of nitrogens with zero attached hydrogens (tertiary/aromatic N) is 2. The van der Waals surface area contributed by atoms with Gasteiger partial charge in [-0.3, -0.25) is 0 Å². The van der Waals surface area contributed by atoms with E-state index in [-0.39, 0.29) is 17.8 Å². The van der Waals surface area contributed by atoms with Crippen LogP contribution in [0, 0.1) is 11.3 Å². The standard InChI is InChI=1S/C14H19N3O2S/c1-11-7-14(16)5-6-17(11)20(18,19)10-13-4-2-3-12(8-13)9-15/h2-4,8,11,14H,5-7,10,16H2,1H3. The Morgan fingerprint density at radius 3 is 2.90 bits per heavy atom. The molecule has 1 heterocycles. The molecule has 2 unspecified atom stereocenters. The summed E-state index contributed by atoms with van der Waals surface area (Å²) in [5.41, 5.74) is 6.99. The lowest BCUT2D eigenvalue weighted by molar-refractivity contribution is 0.247. The van der Waals surface area contributed by atoms with Crippen LogP contribution < -0.4 is 5.73 Å². The van der Waals surface area contributed by atoms with Crippen molar-refractivity contribution >= 4 is 10.0 Å². The van der Waals surface area contributed by atoms with Crippen molar-refractivity contribution < 1.29 is 8.42 Å². The highest BCUT2D eigenvalue weighted by Crippen LogP contribution is 2.22. The van der Waals surface area contributed by atoms with E-state index in [9.17, 15) is 8.42 Å². The molecule has 0 aliphatic carbocycles. The molecule has 2 N–H and O–H groups in total. The molecule has 0 radical (unpaired) electrons. The molecule has 1 saturated heterocycles. The van der Waals surface area contributed by atoms with Crippen molar-refractivity contribution in [2.75, 3.05) is 6.54 Å². The molecule has 0 amide bonds. The van der Waals surface area contributed by atoms with Crippen LogP contribution in [0.5, 0.6) is 0 Å². The first-order valence-corrected chi connectivity index (χ1v) is 8.27. The third kappa shape index (κ3) is 3.37. The van der Waals surface area contributed by atoms with E-state index in [1.807, 2.05) is 13.0 Å². The maximum Gasteiger partial charge on any atom is 0.218 e. The van der Waals surface area contributed by atoms with Crippen LogP contribution in [0.3, 0.4) is 0 Å². The highest BCUT2D eigenvalue weighted by atomic mass is 32.2. The van der Waals surface area contributed by atoms with E-state index in [4.69, 9.17) is 11.0 Å². The van der Waals surface area contributed by atoms with Crippen molar-refractivity contribution in [1.29, 1.82) is 5.26 Å². The first-order chi connectivity index (χ1) is 9.42. The number of piperidine rings is 1. The minimum atomic E-state index is -3.37. The summed E-state index contributed by atoms with van der Waals surface area (Å²) in [6.45, 7) is 2.37. The molecule has 20 heavy (non-hydrogen) atoms. The summed E-state index contributed by atoms with van der Waals surface area (Å²) < 4.78 is 26.5. The molecular formula is C14H19N3O2S. The van der Waals surface area contributed by atoms with Crippen LogP contribution in [0.1, 0.15) is 30.9 Å². The normalized spacial score (nSPS) is 24.2. The van der Waals surface area contributed by atoms with Gasteiger partial charge in [0.1, 0.15) is 0 Å². The Hall–Kier alpha value is -1.42.